The highest BCUT2D eigenvalue weighted by atomic mass is 16.7. The Hall–Kier alpha value is -3.34. The van der Waals surface area contributed by atoms with Gasteiger partial charge < -0.3 is 14.5 Å². The van der Waals surface area contributed by atoms with E-state index in [-0.39, 0.29) is 31.1 Å². The summed E-state index contributed by atoms with van der Waals surface area (Å²) in [4.78, 5) is 59.7. The fraction of sp³-hybridized carbons (Fsp3) is 0.600. The molecular weight excluding hydrogens is 466 g/mol. The average Bonchev–Trinajstić information content (AvgIpc) is 3.09. The Morgan fingerprint density at radius 1 is 1.00 bits per heavy atom. The second kappa shape index (κ2) is 10.7. The molecule has 196 valence electrons. The Morgan fingerprint density at radius 3 is 2.44 bits per heavy atom. The first-order valence-corrected chi connectivity index (χ1v) is 12.5. The zero-order valence-corrected chi connectivity index (χ0v) is 21.1. The van der Waals surface area contributed by atoms with Crippen LogP contribution < -0.4 is 10.9 Å². The summed E-state index contributed by atoms with van der Waals surface area (Å²) in [5.74, 6) is -1.27. The Kier molecular flexibility index (Phi) is 7.67. The number of hydroxylamine groups is 2. The highest BCUT2D eigenvalue weighted by Crippen LogP contribution is 2.30. The highest BCUT2D eigenvalue weighted by molar-refractivity contribution is 5.90. The molecule has 5 amide bonds. The molecule has 4 rings (SSSR count). The van der Waals surface area contributed by atoms with Crippen LogP contribution in [0, 0.1) is 5.92 Å². The van der Waals surface area contributed by atoms with Crippen molar-refractivity contribution >= 4 is 23.9 Å². The summed E-state index contributed by atoms with van der Waals surface area (Å²) in [5.41, 5.74) is 5.30. The van der Waals surface area contributed by atoms with Gasteiger partial charge in [0.2, 0.25) is 5.91 Å². The van der Waals surface area contributed by atoms with Gasteiger partial charge >= 0.3 is 12.1 Å². The molecule has 0 aromatic heterocycles. The van der Waals surface area contributed by atoms with E-state index in [0.717, 1.165) is 5.56 Å². The SMILES string of the molecule is CC(C)(C)OC(=O)N1CCCC(C(=O)NNC(=O)C2CCC3CN2C(=O)N3OCc2ccccc2)C1. The molecule has 3 heterocycles. The number of nitrogens with one attached hydrogen (secondary N) is 2. The zero-order chi connectivity index (χ0) is 25.9. The summed E-state index contributed by atoms with van der Waals surface area (Å²) in [7, 11) is 0. The molecule has 2 N–H and O–H groups in total. The molecule has 3 fully saturated rings. The summed E-state index contributed by atoms with van der Waals surface area (Å²) in [5, 5.41) is 1.37. The minimum atomic E-state index is -0.691. The highest BCUT2D eigenvalue weighted by Gasteiger charge is 2.48. The van der Waals surface area contributed by atoms with Crippen molar-refractivity contribution < 1.29 is 28.8 Å². The predicted molar refractivity (Wildman–Crippen MR) is 129 cm³/mol. The van der Waals surface area contributed by atoms with Crippen molar-refractivity contribution in [1.82, 2.24) is 25.7 Å². The number of likely N-dealkylation sites (tertiary alicyclic amines) is 1. The third kappa shape index (κ3) is 6.07. The molecule has 1 aromatic rings. The van der Waals surface area contributed by atoms with Gasteiger partial charge in [0, 0.05) is 19.6 Å². The average molecular weight is 502 g/mol. The maximum atomic E-state index is 12.9. The van der Waals surface area contributed by atoms with Crippen molar-refractivity contribution in [2.45, 2.75) is 70.7 Å². The van der Waals surface area contributed by atoms with Crippen LogP contribution >= 0.6 is 0 Å². The molecule has 1 aromatic carbocycles. The van der Waals surface area contributed by atoms with Gasteiger partial charge in [0.15, 0.2) is 0 Å². The standard InChI is InChI=1S/C25H35N5O6/c1-25(2,3)36-24(34)28-13-7-10-18(14-28)21(31)26-27-22(32)20-12-11-19-15-29(20)23(33)30(19)35-16-17-8-5-4-6-9-17/h4-6,8-9,18-20H,7,10-16H2,1-3H3,(H,26,31)(H,27,32). The molecular formula is C25H35N5O6. The van der Waals surface area contributed by atoms with Gasteiger partial charge in [0.25, 0.3) is 5.91 Å². The van der Waals surface area contributed by atoms with Gasteiger partial charge in [-0.1, -0.05) is 30.3 Å². The van der Waals surface area contributed by atoms with E-state index in [9.17, 15) is 19.2 Å². The van der Waals surface area contributed by atoms with Crippen LogP contribution in [-0.4, -0.2) is 76.1 Å². The molecule has 2 bridgehead atoms. The number of carbonyl (C=O) groups is 4. The molecule has 11 heteroatoms. The molecule has 3 aliphatic heterocycles. The van der Waals surface area contributed by atoms with Gasteiger partial charge in [-0.3, -0.25) is 25.3 Å². The van der Waals surface area contributed by atoms with Gasteiger partial charge in [-0.2, -0.15) is 5.06 Å². The number of urea groups is 1. The number of nitrogens with zero attached hydrogens (tertiary/aromatic N) is 3. The molecule has 3 saturated heterocycles. The van der Waals surface area contributed by atoms with E-state index in [1.54, 1.807) is 20.8 Å². The van der Waals surface area contributed by atoms with Crippen molar-refractivity contribution in [2.75, 3.05) is 19.6 Å². The minimum Gasteiger partial charge on any atom is -0.444 e. The van der Waals surface area contributed by atoms with E-state index in [2.05, 4.69) is 10.9 Å². The molecule has 0 aliphatic carbocycles. The maximum Gasteiger partial charge on any atom is 0.410 e. The summed E-state index contributed by atoms with van der Waals surface area (Å²) in [6.07, 6.45) is 1.91. The fourth-order valence-electron chi connectivity index (χ4n) is 4.78. The van der Waals surface area contributed by atoms with E-state index in [4.69, 9.17) is 9.57 Å². The lowest BCUT2D eigenvalue weighted by atomic mass is 9.97. The molecule has 3 atom stereocenters. The van der Waals surface area contributed by atoms with Crippen molar-refractivity contribution in [3.05, 3.63) is 35.9 Å². The van der Waals surface area contributed by atoms with Crippen molar-refractivity contribution in [3.8, 4) is 0 Å². The number of benzene rings is 1. The van der Waals surface area contributed by atoms with E-state index in [1.807, 2.05) is 30.3 Å². The largest absolute Gasteiger partial charge is 0.444 e. The van der Waals surface area contributed by atoms with Crippen molar-refractivity contribution in [2.24, 2.45) is 5.92 Å². The Bertz CT molecular complexity index is 981. The molecule has 36 heavy (non-hydrogen) atoms. The summed E-state index contributed by atoms with van der Waals surface area (Å²) in [6, 6.07) is 8.42. The van der Waals surface area contributed by atoms with Crippen LogP contribution in [0.3, 0.4) is 0 Å². The third-order valence-electron chi connectivity index (χ3n) is 6.59. The van der Waals surface area contributed by atoms with Crippen LogP contribution in [0.1, 0.15) is 52.0 Å². The quantitative estimate of drug-likeness (QED) is 0.597. The first-order chi connectivity index (χ1) is 17.1. The van der Waals surface area contributed by atoms with E-state index >= 15 is 0 Å². The fourth-order valence-corrected chi connectivity index (χ4v) is 4.78. The lowest BCUT2D eigenvalue weighted by molar-refractivity contribution is -0.140. The first-order valence-electron chi connectivity index (χ1n) is 12.5. The Labute approximate surface area is 211 Å². The van der Waals surface area contributed by atoms with Gasteiger partial charge in [0.05, 0.1) is 12.0 Å². The predicted octanol–water partition coefficient (Wildman–Crippen LogP) is 2.18. The molecule has 3 aliphatic rings. The van der Waals surface area contributed by atoms with Crippen molar-refractivity contribution in [1.29, 1.82) is 0 Å². The first kappa shape index (κ1) is 25.7. The number of carbonyl (C=O) groups excluding carboxylic acids is 4. The molecule has 0 saturated carbocycles. The number of amides is 5. The van der Waals surface area contributed by atoms with Crippen LogP contribution in [0.15, 0.2) is 30.3 Å². The molecule has 0 radical (unpaired) electrons. The molecule has 11 nitrogen and oxygen atoms in total. The van der Waals surface area contributed by atoms with Crippen LogP contribution in [0.2, 0.25) is 0 Å². The summed E-state index contributed by atoms with van der Waals surface area (Å²) in [6.45, 7) is 6.79. The number of hydrogen-bond acceptors (Lipinski definition) is 6. The van der Waals surface area contributed by atoms with Crippen LogP contribution in [-0.2, 0) is 25.8 Å². The zero-order valence-electron chi connectivity index (χ0n) is 21.1. The number of rotatable bonds is 5. The minimum absolute atomic E-state index is 0.110. The number of fused-ring (bicyclic) bond motifs is 2. The Balaban J connectivity index is 1.26. The lowest BCUT2D eigenvalue weighted by Crippen LogP contribution is -2.56. The third-order valence-corrected chi connectivity index (χ3v) is 6.59. The van der Waals surface area contributed by atoms with Gasteiger partial charge in [-0.05, 0) is 52.0 Å². The van der Waals surface area contributed by atoms with Gasteiger partial charge in [-0.25, -0.2) is 9.59 Å². The normalized spacial score (nSPS) is 23.9. The van der Waals surface area contributed by atoms with Crippen molar-refractivity contribution in [3.63, 3.8) is 0 Å². The summed E-state index contributed by atoms with van der Waals surface area (Å²) >= 11 is 0. The van der Waals surface area contributed by atoms with E-state index in [0.29, 0.717) is 38.8 Å². The second-order valence-corrected chi connectivity index (χ2v) is 10.5. The summed E-state index contributed by atoms with van der Waals surface area (Å²) < 4.78 is 5.41. The Morgan fingerprint density at radius 2 is 1.72 bits per heavy atom. The van der Waals surface area contributed by atoms with Crippen LogP contribution in [0.25, 0.3) is 0 Å². The van der Waals surface area contributed by atoms with Gasteiger partial charge in [0.1, 0.15) is 18.2 Å². The maximum absolute atomic E-state index is 12.9. The van der Waals surface area contributed by atoms with Gasteiger partial charge in [-0.15, -0.1) is 0 Å². The van der Waals surface area contributed by atoms with Crippen LogP contribution in [0.4, 0.5) is 9.59 Å². The number of ether oxygens (including phenoxy) is 1. The number of hydrazine groups is 1. The lowest BCUT2D eigenvalue weighted by Gasteiger charge is -2.33. The molecule has 3 unspecified atom stereocenters. The van der Waals surface area contributed by atoms with E-state index in [1.165, 1.54) is 14.9 Å². The number of piperidine rings is 2. The topological polar surface area (TPSA) is 121 Å². The smallest absolute Gasteiger partial charge is 0.410 e. The number of hydrogen-bond donors (Lipinski definition) is 2. The van der Waals surface area contributed by atoms with E-state index < -0.39 is 29.6 Å². The monoisotopic (exact) mass is 501 g/mol. The molecule has 0 spiro atoms. The second-order valence-electron chi connectivity index (χ2n) is 10.5. The van der Waals surface area contributed by atoms with Crippen LogP contribution in [0.5, 0.6) is 0 Å².